The number of unbranched alkanes of at least 4 members (excludes halogenated alkanes) is 1. The van der Waals surface area contributed by atoms with E-state index in [0.29, 0.717) is 10.8 Å². The summed E-state index contributed by atoms with van der Waals surface area (Å²) in [5.41, 5.74) is 1.03. The van der Waals surface area contributed by atoms with Crippen LogP contribution in [0.25, 0.3) is 0 Å². The summed E-state index contributed by atoms with van der Waals surface area (Å²) in [6, 6.07) is 3.77. The Kier molecular flexibility index (Phi) is 6.07. The van der Waals surface area contributed by atoms with E-state index in [-0.39, 0.29) is 18.6 Å². The molecule has 2 aliphatic heterocycles. The number of likely N-dealkylation sites (tertiary alicyclic amines) is 1. The highest BCUT2D eigenvalue weighted by atomic mass is 35.5. The molecule has 3 rings (SSSR count). The van der Waals surface area contributed by atoms with Gasteiger partial charge in [0, 0.05) is 17.6 Å². The van der Waals surface area contributed by atoms with Crippen LogP contribution in [0.1, 0.15) is 44.6 Å². The number of hydrogen-bond acceptors (Lipinski definition) is 4. The lowest BCUT2D eigenvalue weighted by Crippen LogP contribution is -2.37. The van der Waals surface area contributed by atoms with Crippen molar-refractivity contribution in [3.8, 4) is 11.5 Å². The van der Waals surface area contributed by atoms with Crippen molar-refractivity contribution in [2.24, 2.45) is 11.8 Å². The molecule has 1 unspecified atom stereocenters. The molecular formula is C19H26ClNO4. The highest BCUT2D eigenvalue weighted by Gasteiger charge is 2.31. The molecule has 2 heterocycles. The van der Waals surface area contributed by atoms with Crippen molar-refractivity contribution >= 4 is 17.6 Å². The van der Waals surface area contributed by atoms with Gasteiger partial charge in [0.05, 0.1) is 5.92 Å². The lowest BCUT2D eigenvalue weighted by atomic mass is 9.81. The summed E-state index contributed by atoms with van der Waals surface area (Å²) in [4.78, 5) is 13.9. The number of hydrogen-bond donors (Lipinski definition) is 1. The molecule has 5 nitrogen and oxygen atoms in total. The van der Waals surface area contributed by atoms with Crippen molar-refractivity contribution in [1.29, 1.82) is 0 Å². The molecule has 1 atom stereocenters. The zero-order chi connectivity index (χ0) is 17.8. The molecule has 1 N–H and O–H groups in total. The average Bonchev–Trinajstić information content (AvgIpc) is 3.03. The van der Waals surface area contributed by atoms with E-state index in [9.17, 15) is 9.90 Å². The smallest absolute Gasteiger partial charge is 0.306 e. The predicted octanol–water partition coefficient (Wildman–Crippen LogP) is 4.17. The molecule has 0 aromatic heterocycles. The van der Waals surface area contributed by atoms with Crippen LogP contribution in [0.3, 0.4) is 0 Å². The van der Waals surface area contributed by atoms with Crippen LogP contribution in [0.5, 0.6) is 11.5 Å². The van der Waals surface area contributed by atoms with Crippen LogP contribution in [0, 0.1) is 11.8 Å². The molecule has 0 bridgehead atoms. The highest BCUT2D eigenvalue weighted by molar-refractivity contribution is 6.31. The fraction of sp³-hybridized carbons (Fsp3) is 0.632. The van der Waals surface area contributed by atoms with Gasteiger partial charge in [-0.3, -0.25) is 9.69 Å². The summed E-state index contributed by atoms with van der Waals surface area (Å²) in [5.74, 6) is 0.905. The molecule has 0 aliphatic carbocycles. The first kappa shape index (κ1) is 18.3. The summed E-state index contributed by atoms with van der Waals surface area (Å²) >= 11 is 6.37. The standard InChI is InChI=1S/C19H26ClNO4/c1-2-3-4-15(19(22)23)13-5-7-21(8-6-13)11-14-9-17-18(10-16(14)20)25-12-24-17/h9-10,13,15H,2-8,11-12H2,1H3,(H,22,23). The van der Waals surface area contributed by atoms with Gasteiger partial charge in [-0.1, -0.05) is 31.4 Å². The van der Waals surface area contributed by atoms with Crippen molar-refractivity contribution in [3.05, 3.63) is 22.7 Å². The van der Waals surface area contributed by atoms with Gasteiger partial charge in [-0.25, -0.2) is 0 Å². The van der Waals surface area contributed by atoms with E-state index in [0.717, 1.165) is 63.1 Å². The zero-order valence-electron chi connectivity index (χ0n) is 14.7. The van der Waals surface area contributed by atoms with E-state index in [1.807, 2.05) is 12.1 Å². The minimum Gasteiger partial charge on any atom is -0.481 e. The van der Waals surface area contributed by atoms with Crippen molar-refractivity contribution < 1.29 is 19.4 Å². The van der Waals surface area contributed by atoms with Gasteiger partial charge in [0.2, 0.25) is 6.79 Å². The van der Waals surface area contributed by atoms with Crippen LogP contribution in [0.4, 0.5) is 0 Å². The van der Waals surface area contributed by atoms with E-state index in [1.165, 1.54) is 0 Å². The second kappa shape index (κ2) is 8.28. The maximum atomic E-state index is 11.6. The van der Waals surface area contributed by atoms with Crippen LogP contribution in [-0.4, -0.2) is 35.9 Å². The van der Waals surface area contributed by atoms with Crippen LogP contribution >= 0.6 is 11.6 Å². The summed E-state index contributed by atoms with van der Waals surface area (Å²) in [7, 11) is 0. The lowest BCUT2D eigenvalue weighted by Gasteiger charge is -2.34. The first-order valence-corrected chi connectivity index (χ1v) is 9.49. The number of carboxylic acids is 1. The maximum Gasteiger partial charge on any atom is 0.306 e. The third kappa shape index (κ3) is 4.39. The molecule has 1 aromatic rings. The monoisotopic (exact) mass is 367 g/mol. The van der Waals surface area contributed by atoms with E-state index in [4.69, 9.17) is 21.1 Å². The molecule has 0 radical (unpaired) electrons. The Hall–Kier alpha value is -1.46. The predicted molar refractivity (Wildman–Crippen MR) is 96.2 cm³/mol. The average molecular weight is 368 g/mol. The zero-order valence-corrected chi connectivity index (χ0v) is 15.4. The molecule has 2 aliphatic rings. The molecule has 6 heteroatoms. The number of nitrogens with zero attached hydrogens (tertiary/aromatic N) is 1. The molecule has 1 fully saturated rings. The third-order valence-electron chi connectivity index (χ3n) is 5.32. The number of carboxylic acid groups (broad SMARTS) is 1. The van der Waals surface area contributed by atoms with E-state index in [1.54, 1.807) is 0 Å². The molecular weight excluding hydrogens is 342 g/mol. The van der Waals surface area contributed by atoms with Gasteiger partial charge in [-0.05, 0) is 49.9 Å². The van der Waals surface area contributed by atoms with Crippen LogP contribution < -0.4 is 9.47 Å². The molecule has 0 amide bonds. The number of carbonyl (C=O) groups is 1. The Morgan fingerprint density at radius 1 is 1.32 bits per heavy atom. The maximum absolute atomic E-state index is 11.6. The molecule has 0 saturated carbocycles. The fourth-order valence-corrected chi connectivity index (χ4v) is 4.03. The van der Waals surface area contributed by atoms with Gasteiger partial charge in [0.15, 0.2) is 11.5 Å². The highest BCUT2D eigenvalue weighted by Crippen LogP contribution is 2.38. The van der Waals surface area contributed by atoms with Crippen LogP contribution in [0.15, 0.2) is 12.1 Å². The fourth-order valence-electron chi connectivity index (χ4n) is 3.82. The Balaban J connectivity index is 1.57. The number of benzene rings is 1. The van der Waals surface area contributed by atoms with Crippen molar-refractivity contribution in [1.82, 2.24) is 4.90 Å². The Morgan fingerprint density at radius 2 is 2.00 bits per heavy atom. The number of aliphatic carboxylic acids is 1. The first-order valence-electron chi connectivity index (χ1n) is 9.11. The summed E-state index contributed by atoms with van der Waals surface area (Å²) in [5, 5.41) is 10.2. The SMILES string of the molecule is CCCCC(C(=O)O)C1CCN(Cc2cc3c(cc2Cl)OCO3)CC1. The van der Waals surface area contributed by atoms with E-state index >= 15 is 0 Å². The Labute approximate surface area is 153 Å². The van der Waals surface area contributed by atoms with Gasteiger partial charge < -0.3 is 14.6 Å². The molecule has 138 valence electrons. The number of rotatable bonds is 7. The van der Waals surface area contributed by atoms with E-state index < -0.39 is 5.97 Å². The third-order valence-corrected chi connectivity index (χ3v) is 5.67. The normalized spacial score (nSPS) is 19.1. The van der Waals surface area contributed by atoms with Crippen LogP contribution in [0.2, 0.25) is 5.02 Å². The van der Waals surface area contributed by atoms with Crippen LogP contribution in [-0.2, 0) is 11.3 Å². The second-order valence-electron chi connectivity index (χ2n) is 7.00. The lowest BCUT2D eigenvalue weighted by molar-refractivity contribution is -0.144. The van der Waals surface area contributed by atoms with Gasteiger partial charge in [0.25, 0.3) is 0 Å². The Morgan fingerprint density at radius 3 is 2.64 bits per heavy atom. The van der Waals surface area contributed by atoms with Gasteiger partial charge >= 0.3 is 5.97 Å². The topological polar surface area (TPSA) is 59.0 Å². The van der Waals surface area contributed by atoms with Gasteiger partial charge in [-0.2, -0.15) is 0 Å². The number of halogens is 1. The summed E-state index contributed by atoms with van der Waals surface area (Å²) in [6.07, 6.45) is 4.70. The summed E-state index contributed by atoms with van der Waals surface area (Å²) < 4.78 is 10.8. The Bertz CT molecular complexity index is 614. The quantitative estimate of drug-likeness (QED) is 0.783. The van der Waals surface area contributed by atoms with Crippen molar-refractivity contribution in [3.63, 3.8) is 0 Å². The van der Waals surface area contributed by atoms with E-state index in [2.05, 4.69) is 11.8 Å². The molecule has 25 heavy (non-hydrogen) atoms. The van der Waals surface area contributed by atoms with Crippen molar-refractivity contribution in [2.45, 2.75) is 45.6 Å². The number of fused-ring (bicyclic) bond motifs is 1. The van der Waals surface area contributed by atoms with Crippen molar-refractivity contribution in [2.75, 3.05) is 19.9 Å². The molecule has 1 aromatic carbocycles. The van der Waals surface area contributed by atoms with Gasteiger partial charge in [-0.15, -0.1) is 0 Å². The largest absolute Gasteiger partial charge is 0.481 e. The minimum absolute atomic E-state index is 0.198. The second-order valence-corrected chi connectivity index (χ2v) is 7.40. The number of piperidine rings is 1. The minimum atomic E-state index is -0.634. The molecule has 1 saturated heterocycles. The molecule has 0 spiro atoms. The first-order chi connectivity index (χ1) is 12.1. The summed E-state index contributed by atoms with van der Waals surface area (Å²) in [6.45, 7) is 4.93. The number of ether oxygens (including phenoxy) is 2. The van der Waals surface area contributed by atoms with Gasteiger partial charge in [0.1, 0.15) is 0 Å².